The molecule has 1 aliphatic heterocycles. The predicted molar refractivity (Wildman–Crippen MR) is 130 cm³/mol. The normalized spacial score (nSPS) is 30.3. The number of nitrogen functional groups attached to an aromatic ring is 2. The van der Waals surface area contributed by atoms with Gasteiger partial charge in [0, 0.05) is 30.0 Å². The summed E-state index contributed by atoms with van der Waals surface area (Å²) >= 11 is 0. The van der Waals surface area contributed by atoms with Crippen molar-refractivity contribution in [3.05, 3.63) is 23.8 Å². The van der Waals surface area contributed by atoms with Crippen LogP contribution in [0.4, 0.5) is 11.4 Å². The van der Waals surface area contributed by atoms with Gasteiger partial charge in [0.1, 0.15) is 0 Å². The summed E-state index contributed by atoms with van der Waals surface area (Å²) in [6.45, 7) is 4.08. The molecule has 0 bridgehead atoms. The minimum atomic E-state index is 0.0832. The van der Waals surface area contributed by atoms with E-state index in [1.807, 2.05) is 4.90 Å². The summed E-state index contributed by atoms with van der Waals surface area (Å²) in [5, 5.41) is 0. The van der Waals surface area contributed by atoms with Crippen molar-refractivity contribution in [2.45, 2.75) is 84.0 Å². The lowest BCUT2D eigenvalue weighted by Gasteiger charge is -2.42. The summed E-state index contributed by atoms with van der Waals surface area (Å²) in [4.78, 5) is 14.9. The molecule has 4 rings (SSSR count). The Labute approximate surface area is 189 Å². The van der Waals surface area contributed by atoms with Gasteiger partial charge in [0.2, 0.25) is 0 Å². The van der Waals surface area contributed by atoms with Gasteiger partial charge in [-0.15, -0.1) is 0 Å². The van der Waals surface area contributed by atoms with Gasteiger partial charge in [-0.05, 0) is 99.2 Å². The average molecular weight is 426 g/mol. The van der Waals surface area contributed by atoms with E-state index >= 15 is 0 Å². The van der Waals surface area contributed by atoms with E-state index in [1.54, 1.807) is 18.2 Å². The standard InChI is InChI=1S/C27H43N3O/c1-2-3-19-4-6-20(7-5-19)21-8-10-22(11-9-21)23-12-14-30(15-13-23)27(31)24-16-25(28)18-26(29)17-24/h16-23H,2-15,28-29H2,1H3. The molecule has 1 aromatic rings. The Morgan fingerprint density at radius 1 is 0.774 bits per heavy atom. The highest BCUT2D eigenvalue weighted by Crippen LogP contribution is 2.45. The molecular formula is C27H43N3O. The van der Waals surface area contributed by atoms with Crippen molar-refractivity contribution in [1.82, 2.24) is 4.90 Å². The highest BCUT2D eigenvalue weighted by molar-refractivity contribution is 5.96. The van der Waals surface area contributed by atoms with E-state index in [0.717, 1.165) is 55.5 Å². The molecule has 1 saturated heterocycles. The van der Waals surface area contributed by atoms with Gasteiger partial charge < -0.3 is 16.4 Å². The van der Waals surface area contributed by atoms with Gasteiger partial charge >= 0.3 is 0 Å². The molecule has 1 aromatic carbocycles. The van der Waals surface area contributed by atoms with Crippen LogP contribution in [0.1, 0.15) is 94.3 Å². The van der Waals surface area contributed by atoms with Crippen LogP contribution in [0.5, 0.6) is 0 Å². The van der Waals surface area contributed by atoms with Crippen LogP contribution in [0, 0.1) is 29.6 Å². The zero-order valence-corrected chi connectivity index (χ0v) is 19.5. The first-order valence-electron chi connectivity index (χ1n) is 13.0. The number of piperidine rings is 1. The first-order chi connectivity index (χ1) is 15.0. The maximum Gasteiger partial charge on any atom is 0.254 e. The summed E-state index contributed by atoms with van der Waals surface area (Å²) in [7, 11) is 0. The van der Waals surface area contributed by atoms with Crippen LogP contribution in [0.3, 0.4) is 0 Å². The number of nitrogens with two attached hydrogens (primary N) is 2. The zero-order valence-electron chi connectivity index (χ0n) is 19.5. The third-order valence-electron chi connectivity index (χ3n) is 8.79. The van der Waals surface area contributed by atoms with Crippen molar-refractivity contribution in [3.63, 3.8) is 0 Å². The number of rotatable bonds is 5. The van der Waals surface area contributed by atoms with E-state index in [2.05, 4.69) is 6.92 Å². The smallest absolute Gasteiger partial charge is 0.254 e. The quantitative estimate of drug-likeness (QED) is 0.558. The van der Waals surface area contributed by atoms with E-state index in [4.69, 9.17) is 11.5 Å². The third kappa shape index (κ3) is 5.56. The Balaban J connectivity index is 1.21. The van der Waals surface area contributed by atoms with E-state index < -0.39 is 0 Å². The summed E-state index contributed by atoms with van der Waals surface area (Å²) < 4.78 is 0. The lowest BCUT2D eigenvalue weighted by atomic mass is 9.66. The number of carbonyl (C=O) groups is 1. The number of amides is 1. The Hall–Kier alpha value is -1.71. The number of hydrogen-bond acceptors (Lipinski definition) is 3. The van der Waals surface area contributed by atoms with Crippen LogP contribution in [0.15, 0.2) is 18.2 Å². The van der Waals surface area contributed by atoms with Crippen LogP contribution < -0.4 is 11.5 Å². The van der Waals surface area contributed by atoms with Crippen molar-refractivity contribution >= 4 is 17.3 Å². The van der Waals surface area contributed by atoms with Crippen LogP contribution in [0.2, 0.25) is 0 Å². The van der Waals surface area contributed by atoms with E-state index in [9.17, 15) is 4.79 Å². The monoisotopic (exact) mass is 425 g/mol. The summed E-state index contributed by atoms with van der Waals surface area (Å²) in [6.07, 6.45) is 16.8. The molecule has 2 saturated carbocycles. The molecule has 3 fully saturated rings. The van der Waals surface area contributed by atoms with Crippen LogP contribution >= 0.6 is 0 Å². The zero-order chi connectivity index (χ0) is 21.8. The summed E-state index contributed by atoms with van der Waals surface area (Å²) in [6, 6.07) is 5.21. The van der Waals surface area contributed by atoms with Gasteiger partial charge in [0.15, 0.2) is 0 Å². The highest BCUT2D eigenvalue weighted by Gasteiger charge is 2.35. The molecule has 1 heterocycles. The third-order valence-corrected chi connectivity index (χ3v) is 8.79. The molecule has 4 N–H and O–H groups in total. The molecule has 31 heavy (non-hydrogen) atoms. The minimum absolute atomic E-state index is 0.0832. The van der Waals surface area contributed by atoms with Gasteiger partial charge in [-0.3, -0.25) is 4.79 Å². The molecule has 0 atom stereocenters. The number of hydrogen-bond donors (Lipinski definition) is 2. The molecular weight excluding hydrogens is 382 g/mol. The van der Waals surface area contributed by atoms with E-state index in [1.165, 1.54) is 64.2 Å². The Kier molecular flexibility index (Phi) is 7.45. The second-order valence-corrected chi connectivity index (χ2v) is 10.8. The van der Waals surface area contributed by atoms with Crippen molar-refractivity contribution in [1.29, 1.82) is 0 Å². The largest absolute Gasteiger partial charge is 0.399 e. The van der Waals surface area contributed by atoms with Gasteiger partial charge in [-0.25, -0.2) is 0 Å². The topological polar surface area (TPSA) is 72.3 Å². The molecule has 2 aliphatic carbocycles. The van der Waals surface area contributed by atoms with Gasteiger partial charge in [0.05, 0.1) is 0 Å². The number of likely N-dealkylation sites (tertiary alicyclic amines) is 1. The summed E-state index contributed by atoms with van der Waals surface area (Å²) in [5.41, 5.74) is 13.5. The Morgan fingerprint density at radius 2 is 1.23 bits per heavy atom. The molecule has 3 aliphatic rings. The number of carbonyl (C=O) groups excluding carboxylic acids is 1. The second kappa shape index (κ2) is 10.3. The second-order valence-electron chi connectivity index (χ2n) is 10.8. The van der Waals surface area contributed by atoms with Crippen molar-refractivity contribution in [2.24, 2.45) is 29.6 Å². The number of benzene rings is 1. The average Bonchev–Trinajstić information content (AvgIpc) is 2.79. The minimum Gasteiger partial charge on any atom is -0.399 e. The predicted octanol–water partition coefficient (Wildman–Crippen LogP) is 6.12. The molecule has 4 heteroatoms. The molecule has 172 valence electrons. The maximum atomic E-state index is 12.9. The van der Waals surface area contributed by atoms with Gasteiger partial charge in [-0.2, -0.15) is 0 Å². The molecule has 0 spiro atoms. The lowest BCUT2D eigenvalue weighted by Crippen LogP contribution is -2.41. The Morgan fingerprint density at radius 3 is 1.71 bits per heavy atom. The van der Waals surface area contributed by atoms with Gasteiger partial charge in [-0.1, -0.05) is 32.6 Å². The summed E-state index contributed by atoms with van der Waals surface area (Å²) in [5.74, 6) is 4.80. The van der Waals surface area contributed by atoms with Crippen LogP contribution in [-0.2, 0) is 0 Å². The lowest BCUT2D eigenvalue weighted by molar-refractivity contribution is 0.0597. The first-order valence-corrected chi connectivity index (χ1v) is 13.0. The van der Waals surface area contributed by atoms with Crippen molar-refractivity contribution < 1.29 is 4.79 Å². The SMILES string of the molecule is CCCC1CCC(C2CCC(C3CCN(C(=O)c4cc(N)cc(N)c4)CC3)CC2)CC1. The number of anilines is 2. The van der Waals surface area contributed by atoms with Gasteiger partial charge in [0.25, 0.3) is 5.91 Å². The fourth-order valence-electron chi connectivity index (χ4n) is 7.00. The molecule has 0 radical (unpaired) electrons. The number of nitrogens with zero attached hydrogens (tertiary/aromatic N) is 1. The van der Waals surface area contributed by atoms with E-state index in [0.29, 0.717) is 16.9 Å². The van der Waals surface area contributed by atoms with Crippen LogP contribution in [-0.4, -0.2) is 23.9 Å². The maximum absolute atomic E-state index is 12.9. The molecule has 1 amide bonds. The van der Waals surface area contributed by atoms with E-state index in [-0.39, 0.29) is 5.91 Å². The Bertz CT molecular complexity index is 704. The highest BCUT2D eigenvalue weighted by atomic mass is 16.2. The fourth-order valence-corrected chi connectivity index (χ4v) is 7.00. The van der Waals surface area contributed by atoms with Crippen molar-refractivity contribution in [3.8, 4) is 0 Å². The van der Waals surface area contributed by atoms with Crippen molar-refractivity contribution in [2.75, 3.05) is 24.6 Å². The first kappa shape index (κ1) is 22.5. The van der Waals surface area contributed by atoms with Crippen LogP contribution in [0.25, 0.3) is 0 Å². The molecule has 0 aromatic heterocycles. The molecule has 4 nitrogen and oxygen atoms in total. The molecule has 0 unspecified atom stereocenters. The fraction of sp³-hybridized carbons (Fsp3) is 0.741.